The van der Waals surface area contributed by atoms with Gasteiger partial charge in [-0.05, 0) is 25.1 Å². The molecule has 0 unspecified atom stereocenters. The first-order valence-electron chi connectivity index (χ1n) is 4.97. The molecule has 0 aliphatic heterocycles. The zero-order valence-electron chi connectivity index (χ0n) is 8.39. The lowest BCUT2D eigenvalue weighted by atomic mass is 10.2. The predicted octanol–water partition coefficient (Wildman–Crippen LogP) is 0.745. The lowest BCUT2D eigenvalue weighted by molar-refractivity contribution is 0.655. The normalized spacial score (nSPS) is 10.7. The number of fused-ring (bicyclic) bond motifs is 1. The molecule has 2 rings (SSSR count). The minimum Gasteiger partial charge on any atom is -0.332 e. The van der Waals surface area contributed by atoms with Gasteiger partial charge in [0.25, 0.3) is 5.56 Å². The van der Waals surface area contributed by atoms with Crippen LogP contribution in [0.1, 0.15) is 6.42 Å². The summed E-state index contributed by atoms with van der Waals surface area (Å²) in [4.78, 5) is 15.3. The zero-order valence-corrected chi connectivity index (χ0v) is 8.39. The van der Waals surface area contributed by atoms with Crippen LogP contribution in [0.15, 0.2) is 35.4 Å². The second-order valence-electron chi connectivity index (χ2n) is 3.40. The van der Waals surface area contributed by atoms with Crippen LogP contribution in [0.3, 0.4) is 0 Å². The summed E-state index contributed by atoms with van der Waals surface area (Å²) in [6.07, 6.45) is 2.47. The third kappa shape index (κ3) is 1.89. The van der Waals surface area contributed by atoms with Gasteiger partial charge >= 0.3 is 0 Å². The molecule has 2 aromatic rings. The Morgan fingerprint density at radius 1 is 1.33 bits per heavy atom. The van der Waals surface area contributed by atoms with Gasteiger partial charge in [-0.25, -0.2) is 0 Å². The number of nitrogens with two attached hydrogens (primary N) is 1. The number of benzene rings is 1. The second-order valence-corrected chi connectivity index (χ2v) is 3.40. The van der Waals surface area contributed by atoms with Gasteiger partial charge in [0.05, 0.1) is 17.2 Å². The van der Waals surface area contributed by atoms with Crippen LogP contribution in [0, 0.1) is 0 Å². The van der Waals surface area contributed by atoms with Gasteiger partial charge in [0.2, 0.25) is 0 Å². The Bertz CT molecular complexity index is 518. The Morgan fingerprint density at radius 2 is 2.13 bits per heavy atom. The summed E-state index contributed by atoms with van der Waals surface area (Å²) in [5, 5.41) is 0.664. The molecule has 0 fully saturated rings. The minimum atomic E-state index is -0.172. The Kier molecular flexibility index (Phi) is 2.78. The fourth-order valence-electron chi connectivity index (χ4n) is 1.60. The molecule has 0 aliphatic rings. The van der Waals surface area contributed by atoms with Gasteiger partial charge in [0, 0.05) is 6.54 Å². The van der Waals surface area contributed by atoms with E-state index in [1.165, 1.54) is 0 Å². The SMILES string of the molecule is NCCCn1cnc(=O)c2ccccc21. The summed E-state index contributed by atoms with van der Waals surface area (Å²) in [6.45, 7) is 1.44. The molecule has 78 valence electrons. The summed E-state index contributed by atoms with van der Waals surface area (Å²) in [5.41, 5.74) is 6.21. The van der Waals surface area contributed by atoms with E-state index in [9.17, 15) is 4.79 Å². The molecule has 0 bridgehead atoms. The number of hydrogen-bond donors (Lipinski definition) is 1. The van der Waals surface area contributed by atoms with Crippen LogP contribution < -0.4 is 11.3 Å². The van der Waals surface area contributed by atoms with E-state index in [-0.39, 0.29) is 5.56 Å². The Labute approximate surface area is 87.4 Å². The maximum absolute atomic E-state index is 11.5. The average Bonchev–Trinajstić information content (AvgIpc) is 2.29. The number of rotatable bonds is 3. The van der Waals surface area contributed by atoms with Gasteiger partial charge in [-0.15, -0.1) is 0 Å². The van der Waals surface area contributed by atoms with Gasteiger partial charge in [-0.1, -0.05) is 12.1 Å². The summed E-state index contributed by atoms with van der Waals surface area (Å²) >= 11 is 0. The van der Waals surface area contributed by atoms with Crippen LogP contribution in [0.5, 0.6) is 0 Å². The standard InChI is InChI=1S/C11H13N3O/c12-6-3-7-14-8-13-11(15)9-4-1-2-5-10(9)14/h1-2,4-5,8H,3,6-7,12H2. The first-order chi connectivity index (χ1) is 7.33. The van der Waals surface area contributed by atoms with E-state index in [1.54, 1.807) is 12.4 Å². The smallest absolute Gasteiger partial charge is 0.280 e. The number of hydrogen-bond acceptors (Lipinski definition) is 3. The number of nitrogens with zero attached hydrogens (tertiary/aromatic N) is 2. The lowest BCUT2D eigenvalue weighted by Crippen LogP contribution is -2.14. The number of aryl methyl sites for hydroxylation is 1. The monoisotopic (exact) mass is 203 g/mol. The minimum absolute atomic E-state index is 0.172. The second kappa shape index (κ2) is 4.23. The Balaban J connectivity index is 2.56. The maximum Gasteiger partial charge on any atom is 0.280 e. The van der Waals surface area contributed by atoms with E-state index < -0.39 is 0 Å². The third-order valence-corrected chi connectivity index (χ3v) is 2.36. The van der Waals surface area contributed by atoms with Gasteiger partial charge in [0.1, 0.15) is 0 Å². The van der Waals surface area contributed by atoms with E-state index in [0.717, 1.165) is 18.5 Å². The van der Waals surface area contributed by atoms with Crippen LogP contribution in [-0.4, -0.2) is 16.1 Å². The Hall–Kier alpha value is -1.68. The molecule has 0 atom stereocenters. The topological polar surface area (TPSA) is 60.9 Å². The molecule has 15 heavy (non-hydrogen) atoms. The lowest BCUT2D eigenvalue weighted by Gasteiger charge is -2.08. The first kappa shape index (κ1) is 9.86. The molecule has 0 saturated heterocycles. The molecule has 0 radical (unpaired) electrons. The highest BCUT2D eigenvalue weighted by Crippen LogP contribution is 2.08. The molecule has 4 heteroatoms. The van der Waals surface area contributed by atoms with E-state index in [1.807, 2.05) is 22.8 Å². The van der Waals surface area contributed by atoms with Crippen LogP contribution in [0.25, 0.3) is 10.9 Å². The van der Waals surface area contributed by atoms with Crippen molar-refractivity contribution >= 4 is 10.9 Å². The molecular weight excluding hydrogens is 190 g/mol. The van der Waals surface area contributed by atoms with Crippen molar-refractivity contribution in [2.75, 3.05) is 6.54 Å². The molecule has 1 aromatic carbocycles. The highest BCUT2D eigenvalue weighted by atomic mass is 16.1. The van der Waals surface area contributed by atoms with E-state index in [0.29, 0.717) is 11.9 Å². The van der Waals surface area contributed by atoms with Crippen LogP contribution in [-0.2, 0) is 6.54 Å². The highest BCUT2D eigenvalue weighted by molar-refractivity contribution is 5.77. The van der Waals surface area contributed by atoms with Gasteiger partial charge in [-0.2, -0.15) is 4.98 Å². The van der Waals surface area contributed by atoms with Crippen molar-refractivity contribution < 1.29 is 0 Å². The van der Waals surface area contributed by atoms with Gasteiger partial charge < -0.3 is 10.3 Å². The first-order valence-corrected chi connectivity index (χ1v) is 4.97. The largest absolute Gasteiger partial charge is 0.332 e. The molecule has 4 nitrogen and oxygen atoms in total. The molecule has 0 amide bonds. The third-order valence-electron chi connectivity index (χ3n) is 2.36. The van der Waals surface area contributed by atoms with E-state index >= 15 is 0 Å². The molecule has 0 saturated carbocycles. The summed E-state index contributed by atoms with van der Waals surface area (Å²) in [5.74, 6) is 0. The van der Waals surface area contributed by atoms with Crippen molar-refractivity contribution in [2.45, 2.75) is 13.0 Å². The summed E-state index contributed by atoms with van der Waals surface area (Å²) in [6, 6.07) is 7.48. The van der Waals surface area contributed by atoms with Crippen LogP contribution in [0.2, 0.25) is 0 Å². The molecule has 0 aliphatic carbocycles. The number of aromatic nitrogens is 2. The van der Waals surface area contributed by atoms with Crippen molar-refractivity contribution in [1.29, 1.82) is 0 Å². The van der Waals surface area contributed by atoms with E-state index in [4.69, 9.17) is 5.73 Å². The Morgan fingerprint density at radius 3 is 2.93 bits per heavy atom. The fourth-order valence-corrected chi connectivity index (χ4v) is 1.60. The van der Waals surface area contributed by atoms with Crippen LogP contribution in [0.4, 0.5) is 0 Å². The number of para-hydroxylation sites is 1. The van der Waals surface area contributed by atoms with Crippen molar-refractivity contribution in [3.63, 3.8) is 0 Å². The van der Waals surface area contributed by atoms with Crippen molar-refractivity contribution in [3.05, 3.63) is 40.9 Å². The van der Waals surface area contributed by atoms with Gasteiger partial charge in [0.15, 0.2) is 0 Å². The molecule has 0 spiro atoms. The van der Waals surface area contributed by atoms with Crippen molar-refractivity contribution in [2.24, 2.45) is 5.73 Å². The maximum atomic E-state index is 11.5. The molecular formula is C11H13N3O. The predicted molar refractivity (Wildman–Crippen MR) is 59.7 cm³/mol. The molecule has 1 aromatic heterocycles. The van der Waals surface area contributed by atoms with Crippen LogP contribution >= 0.6 is 0 Å². The van der Waals surface area contributed by atoms with Crippen molar-refractivity contribution in [3.8, 4) is 0 Å². The zero-order chi connectivity index (χ0) is 10.7. The average molecular weight is 203 g/mol. The summed E-state index contributed by atoms with van der Waals surface area (Å²) in [7, 11) is 0. The molecule has 1 heterocycles. The molecule has 2 N–H and O–H groups in total. The van der Waals surface area contributed by atoms with E-state index in [2.05, 4.69) is 4.98 Å². The highest BCUT2D eigenvalue weighted by Gasteiger charge is 2.01. The fraction of sp³-hybridized carbons (Fsp3) is 0.273. The quantitative estimate of drug-likeness (QED) is 0.800. The van der Waals surface area contributed by atoms with Crippen molar-refractivity contribution in [1.82, 2.24) is 9.55 Å². The van der Waals surface area contributed by atoms with Gasteiger partial charge in [-0.3, -0.25) is 4.79 Å². The summed E-state index contributed by atoms with van der Waals surface area (Å²) < 4.78 is 1.96.